The molecule has 1 aromatic carbocycles. The number of amides is 1. The zero-order valence-electron chi connectivity index (χ0n) is 17.1. The second-order valence-corrected chi connectivity index (χ2v) is 11.8. The first-order valence-corrected chi connectivity index (χ1v) is 13.7. The molecule has 5 nitrogen and oxygen atoms in total. The van der Waals surface area contributed by atoms with Crippen LogP contribution in [0.2, 0.25) is 5.02 Å². The van der Waals surface area contributed by atoms with E-state index < -0.39 is 21.6 Å². The third-order valence-corrected chi connectivity index (χ3v) is 9.46. The molecule has 2 fully saturated rings. The Balaban J connectivity index is 1.41. The summed E-state index contributed by atoms with van der Waals surface area (Å²) >= 11 is 7.92. The lowest BCUT2D eigenvalue weighted by atomic mass is 9.97. The van der Waals surface area contributed by atoms with Crippen molar-refractivity contribution >= 4 is 39.3 Å². The van der Waals surface area contributed by atoms with Gasteiger partial charge in [0, 0.05) is 47.1 Å². The number of carbonyl (C=O) groups excluding carboxylic acids is 1. The third kappa shape index (κ3) is 6.58. The van der Waals surface area contributed by atoms with Crippen LogP contribution in [0.3, 0.4) is 0 Å². The van der Waals surface area contributed by atoms with Crippen LogP contribution in [0.1, 0.15) is 50.5 Å². The van der Waals surface area contributed by atoms with Gasteiger partial charge in [-0.15, -0.1) is 0 Å². The number of nitrogens with zero attached hydrogens (tertiary/aromatic N) is 1. The minimum absolute atomic E-state index is 0.00509. The van der Waals surface area contributed by atoms with E-state index in [0.717, 1.165) is 11.0 Å². The predicted octanol–water partition coefficient (Wildman–Crippen LogP) is 4.20. The summed E-state index contributed by atoms with van der Waals surface area (Å²) in [5.74, 6) is -0.325. The molecule has 3 rings (SSSR count). The van der Waals surface area contributed by atoms with E-state index in [1.807, 2.05) is 11.8 Å². The van der Waals surface area contributed by atoms with Gasteiger partial charge in [-0.05, 0) is 37.8 Å². The molecule has 1 saturated heterocycles. The number of halogens is 2. The molecule has 0 aromatic heterocycles. The van der Waals surface area contributed by atoms with Gasteiger partial charge in [0.1, 0.15) is 5.82 Å². The number of nitrogens with one attached hydrogen (secondary N) is 1. The van der Waals surface area contributed by atoms with Crippen molar-refractivity contribution in [1.82, 2.24) is 9.62 Å². The van der Waals surface area contributed by atoms with E-state index in [9.17, 15) is 17.6 Å². The molecule has 0 atom stereocenters. The Morgan fingerprint density at radius 3 is 2.53 bits per heavy atom. The van der Waals surface area contributed by atoms with Crippen molar-refractivity contribution < 1.29 is 17.6 Å². The van der Waals surface area contributed by atoms with E-state index in [4.69, 9.17) is 11.6 Å². The lowest BCUT2D eigenvalue weighted by Crippen LogP contribution is -2.43. The van der Waals surface area contributed by atoms with E-state index in [2.05, 4.69) is 5.32 Å². The largest absolute Gasteiger partial charge is 0.355 e. The van der Waals surface area contributed by atoms with E-state index in [1.54, 1.807) is 0 Å². The molecule has 0 spiro atoms. The lowest BCUT2D eigenvalue weighted by Gasteiger charge is -2.30. The van der Waals surface area contributed by atoms with Gasteiger partial charge in [-0.2, -0.15) is 11.8 Å². The van der Waals surface area contributed by atoms with Gasteiger partial charge in [0.2, 0.25) is 15.9 Å². The normalized spacial score (nSPS) is 19.7. The second-order valence-electron chi connectivity index (χ2n) is 8.05. The summed E-state index contributed by atoms with van der Waals surface area (Å²) in [5, 5.41) is 3.84. The quantitative estimate of drug-likeness (QED) is 0.571. The summed E-state index contributed by atoms with van der Waals surface area (Å²) in [7, 11) is -3.69. The summed E-state index contributed by atoms with van der Waals surface area (Å²) in [6.07, 6.45) is 7.49. The molecule has 30 heavy (non-hydrogen) atoms. The number of thioether (sulfide) groups is 1. The molecule has 1 heterocycles. The molecule has 1 amide bonds. The van der Waals surface area contributed by atoms with Crippen LogP contribution in [0.5, 0.6) is 0 Å². The first-order chi connectivity index (χ1) is 14.4. The van der Waals surface area contributed by atoms with Crippen molar-refractivity contribution in [2.45, 2.75) is 55.9 Å². The highest BCUT2D eigenvalue weighted by molar-refractivity contribution is 7.99. The zero-order valence-corrected chi connectivity index (χ0v) is 19.5. The minimum atomic E-state index is -3.69. The van der Waals surface area contributed by atoms with Crippen molar-refractivity contribution in [3.8, 4) is 0 Å². The van der Waals surface area contributed by atoms with Crippen LogP contribution < -0.4 is 5.32 Å². The molecule has 1 aromatic rings. The van der Waals surface area contributed by atoms with Gasteiger partial charge >= 0.3 is 0 Å². The van der Waals surface area contributed by atoms with Crippen LogP contribution in [-0.2, 0) is 20.6 Å². The van der Waals surface area contributed by atoms with Gasteiger partial charge in [-0.1, -0.05) is 36.9 Å². The number of benzene rings is 1. The number of hydrogen-bond acceptors (Lipinski definition) is 4. The highest BCUT2D eigenvalue weighted by Crippen LogP contribution is 2.28. The summed E-state index contributed by atoms with van der Waals surface area (Å²) in [6.45, 7) is 1.19. The molecule has 9 heteroatoms. The van der Waals surface area contributed by atoms with Crippen LogP contribution in [0.15, 0.2) is 18.2 Å². The number of carbonyl (C=O) groups is 1. The Hall–Kier alpha value is -0.830. The molecule has 0 unspecified atom stereocenters. The van der Waals surface area contributed by atoms with Crippen LogP contribution in [0, 0.1) is 11.7 Å². The highest BCUT2D eigenvalue weighted by atomic mass is 35.5. The number of piperidine rings is 1. The number of hydrogen-bond donors (Lipinski definition) is 1. The monoisotopic (exact) mass is 476 g/mol. The standard InChI is InChI=1S/C21H30ClFN2O3S2/c22-19-7-4-8-20(23)18(19)15-30(27,28)25-12-9-16(10-13-25)21(26)24-11-14-29-17-5-2-1-3-6-17/h4,7-8,16-17H,1-3,5-6,9-15H2,(H,24,26). The smallest absolute Gasteiger partial charge is 0.223 e. The van der Waals surface area contributed by atoms with Gasteiger partial charge in [0.25, 0.3) is 0 Å². The average molecular weight is 477 g/mol. The van der Waals surface area contributed by atoms with Gasteiger partial charge in [0.05, 0.1) is 5.75 Å². The molecule has 1 saturated carbocycles. The SMILES string of the molecule is O=C(NCCSC1CCCCC1)C1CCN(S(=O)(=O)Cc2c(F)cccc2Cl)CC1. The molecule has 2 aliphatic rings. The van der Waals surface area contributed by atoms with Gasteiger partial charge < -0.3 is 5.32 Å². The highest BCUT2D eigenvalue weighted by Gasteiger charge is 2.32. The molecule has 0 bridgehead atoms. The Kier molecular flexibility index (Phi) is 8.86. The number of sulfonamides is 1. The molecule has 1 aliphatic heterocycles. The minimum Gasteiger partial charge on any atom is -0.355 e. The molecular weight excluding hydrogens is 447 g/mol. The van der Waals surface area contributed by atoms with Gasteiger partial charge in [0.15, 0.2) is 0 Å². The summed E-state index contributed by atoms with van der Waals surface area (Å²) in [6, 6.07) is 4.14. The van der Waals surface area contributed by atoms with Crippen LogP contribution in [0.25, 0.3) is 0 Å². The first kappa shape index (κ1) is 23.8. The molecule has 1 aliphatic carbocycles. The van der Waals surface area contributed by atoms with E-state index in [-0.39, 0.29) is 35.5 Å². The van der Waals surface area contributed by atoms with Crippen molar-refractivity contribution in [3.05, 3.63) is 34.6 Å². The summed E-state index contributed by atoms with van der Waals surface area (Å²) in [4.78, 5) is 12.4. The van der Waals surface area contributed by atoms with E-state index >= 15 is 0 Å². The second kappa shape index (κ2) is 11.2. The lowest BCUT2D eigenvalue weighted by molar-refractivity contribution is -0.125. The average Bonchev–Trinajstić information content (AvgIpc) is 2.75. The first-order valence-electron chi connectivity index (χ1n) is 10.7. The third-order valence-electron chi connectivity index (χ3n) is 5.91. The summed E-state index contributed by atoms with van der Waals surface area (Å²) < 4.78 is 40.7. The Morgan fingerprint density at radius 2 is 1.87 bits per heavy atom. The van der Waals surface area contributed by atoms with Crippen molar-refractivity contribution in [2.24, 2.45) is 5.92 Å². The van der Waals surface area contributed by atoms with E-state index in [0.29, 0.717) is 19.4 Å². The maximum Gasteiger partial charge on any atom is 0.223 e. The van der Waals surface area contributed by atoms with Crippen LogP contribution >= 0.6 is 23.4 Å². The summed E-state index contributed by atoms with van der Waals surface area (Å²) in [5.41, 5.74) is -0.00509. The molecular formula is C21H30ClFN2O3S2. The van der Waals surface area contributed by atoms with Crippen molar-refractivity contribution in [3.63, 3.8) is 0 Å². The fraction of sp³-hybridized carbons (Fsp3) is 0.667. The van der Waals surface area contributed by atoms with Crippen molar-refractivity contribution in [1.29, 1.82) is 0 Å². The molecule has 168 valence electrons. The number of rotatable bonds is 8. The van der Waals surface area contributed by atoms with Crippen LogP contribution in [0.4, 0.5) is 4.39 Å². The maximum absolute atomic E-state index is 14.0. The maximum atomic E-state index is 14.0. The Morgan fingerprint density at radius 1 is 1.17 bits per heavy atom. The van der Waals surface area contributed by atoms with E-state index in [1.165, 1.54) is 54.6 Å². The molecule has 1 N–H and O–H groups in total. The fourth-order valence-corrected chi connectivity index (χ4v) is 7.25. The van der Waals surface area contributed by atoms with Gasteiger partial charge in [-0.25, -0.2) is 17.1 Å². The Bertz CT molecular complexity index is 803. The fourth-order valence-electron chi connectivity index (χ4n) is 4.12. The predicted molar refractivity (Wildman–Crippen MR) is 121 cm³/mol. The topological polar surface area (TPSA) is 66.5 Å². The zero-order chi connectivity index (χ0) is 21.6. The molecule has 0 radical (unpaired) electrons. The van der Waals surface area contributed by atoms with Crippen molar-refractivity contribution in [2.75, 3.05) is 25.4 Å². The Labute approximate surface area is 188 Å². The van der Waals surface area contributed by atoms with Crippen LogP contribution in [-0.4, -0.2) is 49.3 Å². The van der Waals surface area contributed by atoms with Gasteiger partial charge in [-0.3, -0.25) is 4.79 Å².